The van der Waals surface area contributed by atoms with E-state index in [4.69, 9.17) is 0 Å². The van der Waals surface area contributed by atoms with E-state index in [-0.39, 0.29) is 0 Å². The molecule has 3 rings (SSSR count). The first-order valence-corrected chi connectivity index (χ1v) is 5.65. The topological polar surface area (TPSA) is 3.24 Å². The number of hydrogen-bond donors (Lipinski definition) is 0. The van der Waals surface area contributed by atoms with E-state index in [1.165, 1.54) is 37.9 Å². The lowest BCUT2D eigenvalue weighted by atomic mass is 9.86. The summed E-state index contributed by atoms with van der Waals surface area (Å²) in [7, 11) is 0. The lowest BCUT2D eigenvalue weighted by Gasteiger charge is -2.42. The predicted molar refractivity (Wildman–Crippen MR) is 59.7 cm³/mol. The van der Waals surface area contributed by atoms with Crippen LogP contribution in [0.3, 0.4) is 0 Å². The molecule has 1 atom stereocenters. The molecule has 1 nitrogen and oxygen atoms in total. The molecule has 1 aromatic carbocycles. The maximum absolute atomic E-state index is 2.63. The third-order valence-electron chi connectivity index (χ3n) is 3.96. The minimum Gasteiger partial charge on any atom is -0.366 e. The molecule has 1 heteroatoms. The molecule has 2 heterocycles. The van der Waals surface area contributed by atoms with Crippen molar-refractivity contribution in [3.8, 4) is 0 Å². The molecule has 0 radical (unpaired) electrons. The number of nitrogens with zero attached hydrogens (tertiary/aromatic N) is 1. The molecule has 0 aromatic heterocycles. The van der Waals surface area contributed by atoms with Crippen LogP contribution in [-0.4, -0.2) is 12.1 Å². The maximum Gasteiger partial charge on any atom is 0.0403 e. The Morgan fingerprint density at radius 3 is 3.00 bits per heavy atom. The fraction of sp³-hybridized carbons (Fsp3) is 0.538. The van der Waals surface area contributed by atoms with Crippen LogP contribution in [0.2, 0.25) is 0 Å². The SMILES string of the molecule is C[C@@]12CCCN1c1ccccc1CC2. The van der Waals surface area contributed by atoms with Gasteiger partial charge in [-0.25, -0.2) is 0 Å². The van der Waals surface area contributed by atoms with E-state index in [0.717, 1.165) is 0 Å². The van der Waals surface area contributed by atoms with Crippen LogP contribution in [0.4, 0.5) is 5.69 Å². The molecule has 1 saturated heterocycles. The molecule has 0 unspecified atom stereocenters. The Hall–Kier alpha value is -0.980. The van der Waals surface area contributed by atoms with E-state index in [1.807, 2.05) is 0 Å². The van der Waals surface area contributed by atoms with Crippen LogP contribution in [0, 0.1) is 0 Å². The third-order valence-corrected chi connectivity index (χ3v) is 3.96. The van der Waals surface area contributed by atoms with Crippen LogP contribution >= 0.6 is 0 Å². The van der Waals surface area contributed by atoms with Crippen LogP contribution < -0.4 is 4.90 Å². The Bertz CT molecular complexity index is 358. The van der Waals surface area contributed by atoms with E-state index < -0.39 is 0 Å². The molecule has 2 aliphatic rings. The Morgan fingerprint density at radius 2 is 2.07 bits per heavy atom. The number of fused-ring (bicyclic) bond motifs is 3. The fourth-order valence-electron chi connectivity index (χ4n) is 3.08. The zero-order valence-corrected chi connectivity index (χ0v) is 8.79. The van der Waals surface area contributed by atoms with Crippen molar-refractivity contribution in [2.75, 3.05) is 11.4 Å². The molecule has 1 fully saturated rings. The van der Waals surface area contributed by atoms with Gasteiger partial charge in [-0.2, -0.15) is 0 Å². The highest BCUT2D eigenvalue weighted by Crippen LogP contribution is 2.42. The summed E-state index contributed by atoms with van der Waals surface area (Å²) in [6.07, 6.45) is 5.35. The van der Waals surface area contributed by atoms with Crippen LogP contribution in [0.5, 0.6) is 0 Å². The highest BCUT2D eigenvalue weighted by atomic mass is 15.2. The number of para-hydroxylation sites is 1. The van der Waals surface area contributed by atoms with Crippen LogP contribution in [0.25, 0.3) is 0 Å². The second kappa shape index (κ2) is 2.75. The van der Waals surface area contributed by atoms with Gasteiger partial charge in [0, 0.05) is 17.8 Å². The normalized spacial score (nSPS) is 29.9. The first-order chi connectivity index (χ1) is 6.80. The standard InChI is InChI=1S/C13H17N/c1-13-8-4-10-14(13)12-6-3-2-5-11(12)7-9-13/h2-3,5-6H,4,7-10H2,1H3/t13-/m0/s1. The summed E-state index contributed by atoms with van der Waals surface area (Å²) in [4.78, 5) is 2.63. The zero-order chi connectivity index (χ0) is 9.60. The maximum atomic E-state index is 2.63. The molecule has 2 aliphatic heterocycles. The average molecular weight is 187 g/mol. The number of hydrogen-bond acceptors (Lipinski definition) is 1. The van der Waals surface area contributed by atoms with Gasteiger partial charge in [0.05, 0.1) is 0 Å². The smallest absolute Gasteiger partial charge is 0.0403 e. The van der Waals surface area contributed by atoms with Gasteiger partial charge in [0.1, 0.15) is 0 Å². The second-order valence-corrected chi connectivity index (χ2v) is 4.88. The molecule has 0 N–H and O–H groups in total. The largest absolute Gasteiger partial charge is 0.366 e. The molecule has 1 aromatic rings. The molecule has 74 valence electrons. The van der Waals surface area contributed by atoms with Crippen molar-refractivity contribution < 1.29 is 0 Å². The summed E-state index contributed by atoms with van der Waals surface area (Å²) in [6.45, 7) is 3.68. The molecule has 0 aliphatic carbocycles. The minimum absolute atomic E-state index is 0.467. The highest BCUT2D eigenvalue weighted by Gasteiger charge is 2.39. The van der Waals surface area contributed by atoms with Gasteiger partial charge in [-0.1, -0.05) is 18.2 Å². The van der Waals surface area contributed by atoms with Crippen LogP contribution in [-0.2, 0) is 6.42 Å². The Balaban J connectivity index is 2.10. The van der Waals surface area contributed by atoms with Crippen molar-refractivity contribution >= 4 is 5.69 Å². The Morgan fingerprint density at radius 1 is 1.21 bits per heavy atom. The summed E-state index contributed by atoms with van der Waals surface area (Å²) in [5.74, 6) is 0. The van der Waals surface area contributed by atoms with Gasteiger partial charge in [0.25, 0.3) is 0 Å². The number of rotatable bonds is 0. The van der Waals surface area contributed by atoms with Crippen molar-refractivity contribution in [2.45, 2.75) is 38.1 Å². The van der Waals surface area contributed by atoms with Gasteiger partial charge in [-0.05, 0) is 44.2 Å². The number of benzene rings is 1. The van der Waals surface area contributed by atoms with Crippen molar-refractivity contribution in [3.63, 3.8) is 0 Å². The van der Waals surface area contributed by atoms with Crippen molar-refractivity contribution in [1.82, 2.24) is 0 Å². The van der Waals surface area contributed by atoms with Gasteiger partial charge in [0.15, 0.2) is 0 Å². The van der Waals surface area contributed by atoms with E-state index in [0.29, 0.717) is 5.54 Å². The molecule has 0 amide bonds. The lowest BCUT2D eigenvalue weighted by molar-refractivity contribution is 0.416. The Labute approximate surface area is 85.7 Å². The predicted octanol–water partition coefficient (Wildman–Crippen LogP) is 2.99. The monoisotopic (exact) mass is 187 g/mol. The highest BCUT2D eigenvalue weighted by molar-refractivity contribution is 5.58. The first-order valence-electron chi connectivity index (χ1n) is 5.65. The second-order valence-electron chi connectivity index (χ2n) is 4.88. The van der Waals surface area contributed by atoms with Crippen molar-refractivity contribution in [1.29, 1.82) is 0 Å². The molecule has 14 heavy (non-hydrogen) atoms. The molecule has 0 saturated carbocycles. The summed E-state index contributed by atoms with van der Waals surface area (Å²) < 4.78 is 0. The Kier molecular flexibility index (Phi) is 1.64. The zero-order valence-electron chi connectivity index (χ0n) is 8.79. The van der Waals surface area contributed by atoms with Crippen LogP contribution in [0.15, 0.2) is 24.3 Å². The van der Waals surface area contributed by atoms with Gasteiger partial charge >= 0.3 is 0 Å². The molecular weight excluding hydrogens is 170 g/mol. The fourth-order valence-corrected chi connectivity index (χ4v) is 3.08. The summed E-state index contributed by atoms with van der Waals surface area (Å²) >= 11 is 0. The summed E-state index contributed by atoms with van der Waals surface area (Å²) in [5.41, 5.74) is 3.51. The van der Waals surface area contributed by atoms with Crippen LogP contribution in [0.1, 0.15) is 31.7 Å². The summed E-state index contributed by atoms with van der Waals surface area (Å²) in [5, 5.41) is 0. The van der Waals surface area contributed by atoms with E-state index in [1.54, 1.807) is 5.56 Å². The molecule has 0 bridgehead atoms. The number of aryl methyl sites for hydroxylation is 1. The van der Waals surface area contributed by atoms with Crippen molar-refractivity contribution in [2.24, 2.45) is 0 Å². The first kappa shape index (κ1) is 8.34. The van der Waals surface area contributed by atoms with Gasteiger partial charge in [-0.15, -0.1) is 0 Å². The minimum atomic E-state index is 0.467. The lowest BCUT2D eigenvalue weighted by Crippen LogP contribution is -2.44. The summed E-state index contributed by atoms with van der Waals surface area (Å²) in [6, 6.07) is 8.91. The van der Waals surface area contributed by atoms with Crippen molar-refractivity contribution in [3.05, 3.63) is 29.8 Å². The van der Waals surface area contributed by atoms with E-state index in [2.05, 4.69) is 36.1 Å². The van der Waals surface area contributed by atoms with Gasteiger partial charge in [-0.3, -0.25) is 0 Å². The van der Waals surface area contributed by atoms with Gasteiger partial charge in [0.2, 0.25) is 0 Å². The van der Waals surface area contributed by atoms with Gasteiger partial charge < -0.3 is 4.90 Å². The quantitative estimate of drug-likeness (QED) is 0.603. The van der Waals surface area contributed by atoms with E-state index >= 15 is 0 Å². The molecular formula is C13H17N. The average Bonchev–Trinajstić information content (AvgIpc) is 2.60. The van der Waals surface area contributed by atoms with E-state index in [9.17, 15) is 0 Å². The third kappa shape index (κ3) is 1.01. The molecule has 0 spiro atoms. The number of anilines is 1.